The molecule has 0 saturated carbocycles. The molecule has 4 rings (SSSR count). The van der Waals surface area contributed by atoms with Gasteiger partial charge in [0.05, 0.1) is 19.0 Å². The lowest BCUT2D eigenvalue weighted by Gasteiger charge is -2.28. The third-order valence-corrected chi connectivity index (χ3v) is 8.60. The molecule has 1 aromatic carbocycles. The van der Waals surface area contributed by atoms with Crippen LogP contribution in [-0.2, 0) is 30.6 Å². The number of nitrogens with two attached hydrogens (primary N) is 1. The number of hydrogen-bond acceptors (Lipinski definition) is 12. The molecule has 0 bridgehead atoms. The van der Waals surface area contributed by atoms with Gasteiger partial charge in [0.25, 0.3) is 0 Å². The molecule has 6 atom stereocenters. The summed E-state index contributed by atoms with van der Waals surface area (Å²) < 4.78 is 24.7. The van der Waals surface area contributed by atoms with Crippen molar-refractivity contribution in [2.45, 2.75) is 63.9 Å². The predicted octanol–water partition coefficient (Wildman–Crippen LogP) is 2.32. The number of esters is 1. The van der Waals surface area contributed by atoms with Crippen molar-refractivity contribution >= 4 is 53.1 Å². The van der Waals surface area contributed by atoms with Crippen LogP contribution >= 0.6 is 18.2 Å². The van der Waals surface area contributed by atoms with E-state index < -0.39 is 42.7 Å². The summed E-state index contributed by atoms with van der Waals surface area (Å²) in [4.78, 5) is 24.7. The number of ether oxygens (including phenoxy) is 2. The lowest BCUT2D eigenvalue weighted by molar-refractivity contribution is -0.149. The van der Waals surface area contributed by atoms with Crippen molar-refractivity contribution < 1.29 is 33.5 Å². The molecule has 1 aliphatic heterocycles. The van der Waals surface area contributed by atoms with E-state index in [4.69, 9.17) is 47.7 Å². The van der Waals surface area contributed by atoms with Gasteiger partial charge < -0.3 is 34.5 Å². The third-order valence-electron chi connectivity index (χ3n) is 5.84. The molecular weight excluding hydrogens is 571 g/mol. The number of nitrogens with one attached hydrogen (secondary N) is 1. The van der Waals surface area contributed by atoms with Crippen molar-refractivity contribution in [3.63, 3.8) is 0 Å². The maximum absolute atomic E-state index is 12.5. The second-order valence-corrected chi connectivity index (χ2v) is 12.9. The largest absolute Gasteiger partial charge is 0.462 e. The Balaban J connectivity index is 1.55. The van der Waals surface area contributed by atoms with Crippen molar-refractivity contribution in [2.75, 3.05) is 12.3 Å². The normalized spacial score (nSPS) is 25.5. The first-order valence-electron chi connectivity index (χ1n) is 12.0. The highest BCUT2D eigenvalue weighted by molar-refractivity contribution is 8.09. The number of para-hydroxylation sites is 1. The minimum Gasteiger partial charge on any atom is -0.462 e. The summed E-state index contributed by atoms with van der Waals surface area (Å²) in [5, 5.41) is 25.2. The fourth-order valence-corrected chi connectivity index (χ4v) is 6.59. The van der Waals surface area contributed by atoms with E-state index >= 15 is 0 Å². The first kappa shape index (κ1) is 29.6. The van der Waals surface area contributed by atoms with Crippen LogP contribution in [0.5, 0.6) is 5.75 Å². The number of rotatable bonds is 10. The Morgan fingerprint density at radius 1 is 1.33 bits per heavy atom. The Bertz CT molecular complexity index is 1380. The van der Waals surface area contributed by atoms with E-state index in [1.165, 1.54) is 17.8 Å². The Morgan fingerprint density at radius 2 is 2.03 bits per heavy atom. The van der Waals surface area contributed by atoms with E-state index in [-0.39, 0.29) is 35.0 Å². The number of hydrogen-bond donors (Lipinski definition) is 4. The standard InChI is InChI=1S/C23H30ClN6O7PS/c1-12(2)35-20(32)13(3)29-38(39,37-14-8-6-5-7-9-14)34-10-15-17(31)23(4,33)21(36-15)30-11-26-16-18(24)27-22(25)28-19(16)30/h5-9,11-13,15,17,21,31,33H,10H2,1-4H3,(H,29,39)(H2,25,27,28)/t13-,15+,17+,21+,23+,38?/m0/s1. The van der Waals surface area contributed by atoms with Crippen LogP contribution in [0.3, 0.4) is 0 Å². The Kier molecular flexibility index (Phi) is 8.79. The molecular formula is C23H30ClN6O7PS. The molecule has 212 valence electrons. The van der Waals surface area contributed by atoms with E-state index in [1.54, 1.807) is 45.0 Å². The summed E-state index contributed by atoms with van der Waals surface area (Å²) in [6.45, 7) is 2.74. The molecule has 1 fully saturated rings. The number of carbonyl (C=O) groups is 1. The number of fused-ring (bicyclic) bond motifs is 1. The summed E-state index contributed by atoms with van der Waals surface area (Å²) in [6, 6.07) is 7.84. The molecule has 0 spiro atoms. The molecule has 1 aliphatic rings. The zero-order chi connectivity index (χ0) is 28.5. The number of anilines is 1. The first-order valence-corrected chi connectivity index (χ1v) is 15.0. The SMILES string of the molecule is CC(C)OC(=O)[C@H](C)NP(=S)(OC[C@H]1O[C@@H](n2cnc3c(Cl)nc(N)nc32)[C@](C)(O)[C@@H]1O)Oc1ccccc1. The van der Waals surface area contributed by atoms with Gasteiger partial charge in [-0.25, -0.2) is 10.1 Å². The van der Waals surface area contributed by atoms with Gasteiger partial charge in [-0.05, 0) is 51.6 Å². The molecule has 1 unspecified atom stereocenters. The number of aliphatic hydroxyl groups excluding tert-OH is 1. The van der Waals surface area contributed by atoms with Crippen LogP contribution < -0.4 is 15.3 Å². The van der Waals surface area contributed by atoms with Gasteiger partial charge in [0.15, 0.2) is 17.0 Å². The van der Waals surface area contributed by atoms with Gasteiger partial charge in [0, 0.05) is 0 Å². The topological polar surface area (TPSA) is 176 Å². The number of carbonyl (C=O) groups excluding carboxylic acids is 1. The summed E-state index contributed by atoms with van der Waals surface area (Å²) in [5.74, 6) is -0.219. The minimum atomic E-state index is -3.41. The monoisotopic (exact) mass is 600 g/mol. The highest BCUT2D eigenvalue weighted by atomic mass is 35.5. The van der Waals surface area contributed by atoms with Crippen molar-refractivity contribution in [1.82, 2.24) is 24.6 Å². The maximum atomic E-state index is 12.5. The van der Waals surface area contributed by atoms with E-state index in [1.807, 2.05) is 6.07 Å². The van der Waals surface area contributed by atoms with Gasteiger partial charge >= 0.3 is 12.6 Å². The number of aliphatic hydroxyl groups is 2. The molecule has 0 aliphatic carbocycles. The van der Waals surface area contributed by atoms with Gasteiger partial charge in [-0.15, -0.1) is 0 Å². The average Bonchev–Trinajstić information content (AvgIpc) is 3.36. The number of nitrogen functional groups attached to an aromatic ring is 1. The average molecular weight is 601 g/mol. The van der Waals surface area contributed by atoms with E-state index in [0.29, 0.717) is 5.75 Å². The molecule has 16 heteroatoms. The highest BCUT2D eigenvalue weighted by Crippen LogP contribution is 2.47. The number of nitrogens with zero attached hydrogens (tertiary/aromatic N) is 4. The van der Waals surface area contributed by atoms with Crippen LogP contribution in [0.2, 0.25) is 5.15 Å². The number of imidazole rings is 1. The van der Waals surface area contributed by atoms with Crippen molar-refractivity contribution in [2.24, 2.45) is 0 Å². The lowest BCUT2D eigenvalue weighted by Crippen LogP contribution is -2.44. The Hall–Kier alpha value is -2.42. The highest BCUT2D eigenvalue weighted by Gasteiger charge is 2.54. The zero-order valence-electron chi connectivity index (χ0n) is 21.6. The van der Waals surface area contributed by atoms with Crippen LogP contribution in [0, 0.1) is 0 Å². The summed E-state index contributed by atoms with van der Waals surface area (Å²) in [6.07, 6.45) is -2.59. The molecule has 0 amide bonds. The van der Waals surface area contributed by atoms with Crippen LogP contribution in [0.25, 0.3) is 11.2 Å². The minimum absolute atomic E-state index is 0.0317. The zero-order valence-corrected chi connectivity index (χ0v) is 24.1. The van der Waals surface area contributed by atoms with Crippen molar-refractivity contribution in [1.29, 1.82) is 0 Å². The van der Waals surface area contributed by atoms with Gasteiger partial charge in [-0.2, -0.15) is 9.97 Å². The maximum Gasteiger partial charge on any atom is 0.323 e. The molecule has 3 aromatic rings. The molecule has 0 radical (unpaired) electrons. The van der Waals surface area contributed by atoms with Gasteiger partial charge in [-0.3, -0.25) is 9.36 Å². The van der Waals surface area contributed by atoms with Gasteiger partial charge in [-0.1, -0.05) is 29.8 Å². The molecule has 1 saturated heterocycles. The first-order chi connectivity index (χ1) is 18.3. The molecule has 5 N–H and O–H groups in total. The van der Waals surface area contributed by atoms with Crippen LogP contribution in [0.4, 0.5) is 5.95 Å². The van der Waals surface area contributed by atoms with Gasteiger partial charge in [0.1, 0.15) is 35.1 Å². The quantitative estimate of drug-likeness (QED) is 0.152. The summed E-state index contributed by atoms with van der Waals surface area (Å²) >= 11 is 11.8. The number of halogens is 1. The van der Waals surface area contributed by atoms with Crippen molar-refractivity contribution in [3.05, 3.63) is 41.8 Å². The smallest absolute Gasteiger partial charge is 0.323 e. The fourth-order valence-electron chi connectivity index (χ4n) is 3.95. The summed E-state index contributed by atoms with van der Waals surface area (Å²) in [7, 11) is 0. The van der Waals surface area contributed by atoms with E-state index in [9.17, 15) is 15.0 Å². The number of benzene rings is 1. The Morgan fingerprint density at radius 3 is 2.69 bits per heavy atom. The number of aromatic nitrogens is 4. The van der Waals surface area contributed by atoms with Gasteiger partial charge in [0.2, 0.25) is 5.95 Å². The predicted molar refractivity (Wildman–Crippen MR) is 146 cm³/mol. The van der Waals surface area contributed by atoms with E-state index in [2.05, 4.69) is 20.0 Å². The van der Waals surface area contributed by atoms with Crippen LogP contribution in [-0.4, -0.2) is 72.3 Å². The lowest BCUT2D eigenvalue weighted by atomic mass is 9.96. The third kappa shape index (κ3) is 6.50. The molecule has 3 heterocycles. The molecule has 13 nitrogen and oxygen atoms in total. The van der Waals surface area contributed by atoms with Crippen molar-refractivity contribution in [3.8, 4) is 5.75 Å². The second kappa shape index (κ2) is 11.6. The van der Waals surface area contributed by atoms with Crippen LogP contribution in [0.15, 0.2) is 36.7 Å². The van der Waals surface area contributed by atoms with E-state index in [0.717, 1.165) is 0 Å². The molecule has 39 heavy (non-hydrogen) atoms. The summed E-state index contributed by atoms with van der Waals surface area (Å²) in [5.41, 5.74) is 4.39. The fraction of sp³-hybridized carbons (Fsp3) is 0.478. The molecule has 2 aromatic heterocycles. The Labute approximate surface area is 234 Å². The van der Waals surface area contributed by atoms with Crippen LogP contribution in [0.1, 0.15) is 33.9 Å². The second-order valence-electron chi connectivity index (χ2n) is 9.43.